The van der Waals surface area contributed by atoms with Crippen molar-refractivity contribution in [2.45, 2.75) is 33.1 Å². The standard InChI is InChI=1S/C13H19N3O2S/c1-3-4-5-11-15-9(2)12(19-11)13(18)16-7-6-14-10(17)8-16/h3-8H2,1-2H3,(H,14,17). The van der Waals surface area contributed by atoms with Crippen LogP contribution in [0.25, 0.3) is 0 Å². The van der Waals surface area contributed by atoms with Gasteiger partial charge in [-0.15, -0.1) is 11.3 Å². The van der Waals surface area contributed by atoms with E-state index < -0.39 is 0 Å². The molecular formula is C13H19N3O2S. The first-order valence-corrected chi connectivity index (χ1v) is 7.45. The SMILES string of the molecule is CCCCc1nc(C)c(C(=O)N2CCNC(=O)C2)s1. The highest BCUT2D eigenvalue weighted by atomic mass is 32.1. The van der Waals surface area contributed by atoms with Crippen LogP contribution in [0, 0.1) is 6.92 Å². The number of carbonyl (C=O) groups excluding carboxylic acids is 2. The molecule has 1 saturated heterocycles. The third kappa shape index (κ3) is 3.32. The summed E-state index contributed by atoms with van der Waals surface area (Å²) >= 11 is 1.47. The molecule has 1 aliphatic heterocycles. The van der Waals surface area contributed by atoms with Crippen molar-refractivity contribution in [3.63, 3.8) is 0 Å². The number of carbonyl (C=O) groups is 2. The Kier molecular flexibility index (Phi) is 4.52. The molecule has 0 aliphatic carbocycles. The zero-order valence-electron chi connectivity index (χ0n) is 11.4. The van der Waals surface area contributed by atoms with Crippen molar-refractivity contribution in [2.75, 3.05) is 19.6 Å². The highest BCUT2D eigenvalue weighted by molar-refractivity contribution is 7.13. The predicted octanol–water partition coefficient (Wildman–Crippen LogP) is 1.37. The number of hydrogen-bond donors (Lipinski definition) is 1. The minimum Gasteiger partial charge on any atom is -0.353 e. The van der Waals surface area contributed by atoms with Crippen molar-refractivity contribution in [1.82, 2.24) is 15.2 Å². The Labute approximate surface area is 117 Å². The molecule has 2 heterocycles. The monoisotopic (exact) mass is 281 g/mol. The lowest BCUT2D eigenvalue weighted by Gasteiger charge is -2.26. The van der Waals surface area contributed by atoms with Crippen LogP contribution in [0.4, 0.5) is 0 Å². The summed E-state index contributed by atoms with van der Waals surface area (Å²) in [6, 6.07) is 0. The molecule has 1 aromatic heterocycles. The molecule has 0 unspecified atom stereocenters. The zero-order valence-corrected chi connectivity index (χ0v) is 12.2. The molecule has 0 radical (unpaired) electrons. The lowest BCUT2D eigenvalue weighted by atomic mass is 10.2. The number of piperazine rings is 1. The van der Waals surface area contributed by atoms with Gasteiger partial charge in [0.05, 0.1) is 17.2 Å². The van der Waals surface area contributed by atoms with E-state index in [1.165, 1.54) is 11.3 Å². The van der Waals surface area contributed by atoms with E-state index in [-0.39, 0.29) is 18.4 Å². The quantitative estimate of drug-likeness (QED) is 0.906. The summed E-state index contributed by atoms with van der Waals surface area (Å²) in [6.07, 6.45) is 3.14. The molecule has 5 nitrogen and oxygen atoms in total. The maximum Gasteiger partial charge on any atom is 0.266 e. The van der Waals surface area contributed by atoms with Gasteiger partial charge in [0, 0.05) is 13.1 Å². The molecule has 104 valence electrons. The van der Waals surface area contributed by atoms with Crippen LogP contribution < -0.4 is 5.32 Å². The molecule has 0 bridgehead atoms. The molecule has 1 N–H and O–H groups in total. The van der Waals surface area contributed by atoms with Crippen LogP contribution >= 0.6 is 11.3 Å². The average molecular weight is 281 g/mol. The molecule has 1 aliphatic rings. The highest BCUT2D eigenvalue weighted by Gasteiger charge is 2.25. The normalized spacial score (nSPS) is 15.5. The number of amides is 2. The summed E-state index contributed by atoms with van der Waals surface area (Å²) in [5, 5.41) is 3.74. The van der Waals surface area contributed by atoms with Crippen molar-refractivity contribution in [3.05, 3.63) is 15.6 Å². The van der Waals surface area contributed by atoms with Gasteiger partial charge >= 0.3 is 0 Å². The van der Waals surface area contributed by atoms with E-state index in [2.05, 4.69) is 17.2 Å². The number of aryl methyl sites for hydroxylation is 2. The zero-order chi connectivity index (χ0) is 13.8. The van der Waals surface area contributed by atoms with E-state index >= 15 is 0 Å². The largest absolute Gasteiger partial charge is 0.353 e. The van der Waals surface area contributed by atoms with E-state index in [9.17, 15) is 9.59 Å². The fourth-order valence-electron chi connectivity index (χ4n) is 2.04. The molecule has 2 rings (SSSR count). The van der Waals surface area contributed by atoms with E-state index in [0.717, 1.165) is 30.0 Å². The Hall–Kier alpha value is -1.43. The van der Waals surface area contributed by atoms with Gasteiger partial charge in [-0.05, 0) is 19.8 Å². The number of rotatable bonds is 4. The Bertz CT molecular complexity index is 484. The second-order valence-corrected chi connectivity index (χ2v) is 5.79. The minimum atomic E-state index is -0.0898. The number of thiazole rings is 1. The number of hydrogen-bond acceptors (Lipinski definition) is 4. The highest BCUT2D eigenvalue weighted by Crippen LogP contribution is 2.21. The molecule has 0 aromatic carbocycles. The molecule has 6 heteroatoms. The van der Waals surface area contributed by atoms with E-state index in [1.807, 2.05) is 6.92 Å². The Morgan fingerprint density at radius 2 is 2.32 bits per heavy atom. The van der Waals surface area contributed by atoms with Crippen molar-refractivity contribution >= 4 is 23.2 Å². The molecule has 2 amide bonds. The molecule has 0 saturated carbocycles. The van der Waals surface area contributed by atoms with Crippen LogP contribution in [-0.4, -0.2) is 41.3 Å². The van der Waals surface area contributed by atoms with Crippen LogP contribution in [0.5, 0.6) is 0 Å². The first kappa shape index (κ1) is 14.0. The van der Waals surface area contributed by atoms with Crippen molar-refractivity contribution in [2.24, 2.45) is 0 Å². The van der Waals surface area contributed by atoms with Gasteiger partial charge in [-0.1, -0.05) is 13.3 Å². The second kappa shape index (κ2) is 6.14. The van der Waals surface area contributed by atoms with Crippen molar-refractivity contribution in [3.8, 4) is 0 Å². The maximum absolute atomic E-state index is 12.4. The van der Waals surface area contributed by atoms with Crippen molar-refractivity contribution < 1.29 is 9.59 Å². The van der Waals surface area contributed by atoms with Crippen LogP contribution in [-0.2, 0) is 11.2 Å². The minimum absolute atomic E-state index is 0.0624. The first-order chi connectivity index (χ1) is 9.11. The van der Waals surface area contributed by atoms with Crippen LogP contribution in [0.2, 0.25) is 0 Å². The third-order valence-electron chi connectivity index (χ3n) is 3.10. The lowest BCUT2D eigenvalue weighted by Crippen LogP contribution is -2.49. The van der Waals surface area contributed by atoms with Crippen LogP contribution in [0.1, 0.15) is 40.1 Å². The fourth-order valence-corrected chi connectivity index (χ4v) is 3.12. The number of aromatic nitrogens is 1. The van der Waals surface area contributed by atoms with E-state index in [0.29, 0.717) is 18.0 Å². The second-order valence-electron chi connectivity index (χ2n) is 4.70. The summed E-state index contributed by atoms with van der Waals surface area (Å²) in [5.74, 6) is -0.152. The predicted molar refractivity (Wildman–Crippen MR) is 74.4 cm³/mol. The topological polar surface area (TPSA) is 62.3 Å². The summed E-state index contributed by atoms with van der Waals surface area (Å²) in [7, 11) is 0. The third-order valence-corrected chi connectivity index (χ3v) is 4.31. The van der Waals surface area contributed by atoms with E-state index in [4.69, 9.17) is 0 Å². The average Bonchev–Trinajstić information content (AvgIpc) is 2.76. The maximum atomic E-state index is 12.4. The van der Waals surface area contributed by atoms with Gasteiger partial charge in [0.15, 0.2) is 0 Å². The van der Waals surface area contributed by atoms with Gasteiger partial charge in [-0.3, -0.25) is 9.59 Å². The molecule has 0 spiro atoms. The Balaban J connectivity index is 2.09. The first-order valence-electron chi connectivity index (χ1n) is 6.64. The summed E-state index contributed by atoms with van der Waals surface area (Å²) < 4.78 is 0. The van der Waals surface area contributed by atoms with Gasteiger partial charge in [-0.2, -0.15) is 0 Å². The number of unbranched alkanes of at least 4 members (excludes halogenated alkanes) is 1. The summed E-state index contributed by atoms with van der Waals surface area (Å²) in [5.41, 5.74) is 0.784. The molecule has 0 atom stereocenters. The smallest absolute Gasteiger partial charge is 0.266 e. The Morgan fingerprint density at radius 3 is 3.00 bits per heavy atom. The lowest BCUT2D eigenvalue weighted by molar-refractivity contribution is -0.123. The molecule has 1 fully saturated rings. The Morgan fingerprint density at radius 1 is 1.53 bits per heavy atom. The molecule has 1 aromatic rings. The summed E-state index contributed by atoms with van der Waals surface area (Å²) in [4.78, 5) is 30.4. The van der Waals surface area contributed by atoms with Crippen molar-refractivity contribution in [1.29, 1.82) is 0 Å². The van der Waals surface area contributed by atoms with Crippen LogP contribution in [0.15, 0.2) is 0 Å². The molecular weight excluding hydrogens is 262 g/mol. The van der Waals surface area contributed by atoms with E-state index in [1.54, 1.807) is 4.90 Å². The van der Waals surface area contributed by atoms with Crippen LogP contribution in [0.3, 0.4) is 0 Å². The number of nitrogens with zero attached hydrogens (tertiary/aromatic N) is 2. The fraction of sp³-hybridized carbons (Fsp3) is 0.615. The summed E-state index contributed by atoms with van der Waals surface area (Å²) in [6.45, 7) is 5.26. The molecule has 19 heavy (non-hydrogen) atoms. The number of nitrogens with one attached hydrogen (secondary N) is 1. The van der Waals surface area contributed by atoms with Gasteiger partial charge in [0.2, 0.25) is 5.91 Å². The van der Waals surface area contributed by atoms with Gasteiger partial charge < -0.3 is 10.2 Å². The van der Waals surface area contributed by atoms with Gasteiger partial charge in [-0.25, -0.2) is 4.98 Å². The van der Waals surface area contributed by atoms with Gasteiger partial charge in [0.1, 0.15) is 4.88 Å². The van der Waals surface area contributed by atoms with Gasteiger partial charge in [0.25, 0.3) is 5.91 Å².